The fourth-order valence-corrected chi connectivity index (χ4v) is 4.22. The molecule has 1 aliphatic rings. The van der Waals surface area contributed by atoms with Crippen LogP contribution in [0.3, 0.4) is 0 Å². The number of hydrogen-bond acceptors (Lipinski definition) is 8. The average molecular weight is 499 g/mol. The number of nitrogens with one attached hydrogen (secondary N) is 1. The number of amides is 2. The Labute approximate surface area is 210 Å². The van der Waals surface area contributed by atoms with E-state index < -0.39 is 17.9 Å². The summed E-state index contributed by atoms with van der Waals surface area (Å²) in [6.45, 7) is 0.0421. The van der Waals surface area contributed by atoms with Crippen molar-refractivity contribution in [2.24, 2.45) is 0 Å². The number of carbonyl (C=O) groups is 2. The number of rotatable bonds is 8. The van der Waals surface area contributed by atoms with Crippen LogP contribution in [0.5, 0.6) is 11.5 Å². The number of benzene rings is 2. The van der Waals surface area contributed by atoms with Crippen LogP contribution in [0.4, 0.5) is 5.69 Å². The van der Waals surface area contributed by atoms with Crippen molar-refractivity contribution >= 4 is 28.5 Å². The normalized spacial score (nSPS) is 13.0. The molecule has 4 heterocycles. The van der Waals surface area contributed by atoms with Crippen LogP contribution in [-0.2, 0) is 22.7 Å². The third-order valence-corrected chi connectivity index (χ3v) is 5.94. The zero-order chi connectivity index (χ0) is 25.2. The van der Waals surface area contributed by atoms with E-state index in [2.05, 4.69) is 15.6 Å². The predicted molar refractivity (Wildman–Crippen MR) is 130 cm³/mol. The van der Waals surface area contributed by atoms with E-state index in [1.54, 1.807) is 42.5 Å². The Morgan fingerprint density at radius 2 is 1.81 bits per heavy atom. The largest absolute Gasteiger partial charge is 0.467 e. The van der Waals surface area contributed by atoms with E-state index in [9.17, 15) is 9.59 Å². The quantitative estimate of drug-likeness (QED) is 0.344. The third kappa shape index (κ3) is 4.38. The molecule has 11 nitrogen and oxygen atoms in total. The van der Waals surface area contributed by atoms with Crippen LogP contribution >= 0.6 is 0 Å². The van der Waals surface area contributed by atoms with Gasteiger partial charge in [0.05, 0.1) is 24.6 Å². The van der Waals surface area contributed by atoms with Gasteiger partial charge in [-0.25, -0.2) is 4.68 Å². The van der Waals surface area contributed by atoms with Crippen molar-refractivity contribution in [1.29, 1.82) is 0 Å². The lowest BCUT2D eigenvalue weighted by Crippen LogP contribution is -2.45. The molecule has 0 bridgehead atoms. The highest BCUT2D eigenvalue weighted by Gasteiger charge is 2.36. The maximum absolute atomic E-state index is 14.0. The minimum atomic E-state index is -1.13. The molecule has 0 radical (unpaired) electrons. The molecule has 2 aromatic carbocycles. The number of fused-ring (bicyclic) bond motifs is 2. The molecule has 0 aliphatic carbocycles. The smallest absolute Gasteiger partial charge is 0.251 e. The van der Waals surface area contributed by atoms with Crippen molar-refractivity contribution in [2.45, 2.75) is 19.1 Å². The first-order chi connectivity index (χ1) is 18.2. The van der Waals surface area contributed by atoms with Crippen LogP contribution in [0.1, 0.15) is 17.6 Å². The molecule has 1 N–H and O–H groups in total. The summed E-state index contributed by atoms with van der Waals surface area (Å²) in [5, 5.41) is 11.1. The van der Waals surface area contributed by atoms with Crippen LogP contribution < -0.4 is 19.7 Å². The number of hydrogen-bond donors (Lipinski definition) is 1. The van der Waals surface area contributed by atoms with Crippen LogP contribution in [-0.4, -0.2) is 33.6 Å². The van der Waals surface area contributed by atoms with Gasteiger partial charge in [-0.2, -0.15) is 0 Å². The second kappa shape index (κ2) is 9.53. The molecular formula is C26H21N5O6. The second-order valence-corrected chi connectivity index (χ2v) is 8.25. The fourth-order valence-electron chi connectivity index (χ4n) is 4.22. The minimum absolute atomic E-state index is 0.0723. The van der Waals surface area contributed by atoms with Crippen LogP contribution in [0.25, 0.3) is 11.0 Å². The number of para-hydroxylation sites is 1. The summed E-state index contributed by atoms with van der Waals surface area (Å²) < 4.78 is 23.4. The first-order valence-corrected chi connectivity index (χ1v) is 11.5. The van der Waals surface area contributed by atoms with Gasteiger partial charge in [0.1, 0.15) is 23.6 Å². The highest BCUT2D eigenvalue weighted by atomic mass is 16.7. The van der Waals surface area contributed by atoms with E-state index in [0.29, 0.717) is 34.0 Å². The van der Waals surface area contributed by atoms with Gasteiger partial charge in [-0.1, -0.05) is 17.3 Å². The standard InChI is InChI=1S/C26H21N5O6/c32-24(15-30-20-7-2-1-6-19(20)28-29-30)31(17-9-10-21-23(13-17)37-16-36-21)25(22-8-4-12-35-22)26(33)27-14-18-5-3-11-34-18/h1-13,25H,14-16H2,(H,27,33)/t25-/m0/s1. The monoisotopic (exact) mass is 499 g/mol. The van der Waals surface area contributed by atoms with Gasteiger partial charge in [0, 0.05) is 11.8 Å². The molecule has 37 heavy (non-hydrogen) atoms. The number of carbonyl (C=O) groups excluding carboxylic acids is 2. The van der Waals surface area contributed by atoms with Crippen LogP contribution in [0.15, 0.2) is 88.1 Å². The molecule has 0 spiro atoms. The first kappa shape index (κ1) is 22.4. The lowest BCUT2D eigenvalue weighted by atomic mass is 10.1. The van der Waals surface area contributed by atoms with E-state index >= 15 is 0 Å². The van der Waals surface area contributed by atoms with Gasteiger partial charge in [-0.3, -0.25) is 14.5 Å². The molecule has 0 saturated heterocycles. The summed E-state index contributed by atoms with van der Waals surface area (Å²) in [6.07, 6.45) is 2.98. The maximum atomic E-state index is 14.0. The zero-order valence-corrected chi connectivity index (χ0v) is 19.4. The first-order valence-electron chi connectivity index (χ1n) is 11.5. The topological polar surface area (TPSA) is 125 Å². The Balaban J connectivity index is 1.39. The number of aromatic nitrogens is 3. The van der Waals surface area contributed by atoms with Crippen molar-refractivity contribution in [1.82, 2.24) is 20.3 Å². The van der Waals surface area contributed by atoms with Gasteiger partial charge < -0.3 is 23.6 Å². The number of ether oxygens (including phenoxy) is 2. The van der Waals surface area contributed by atoms with Crippen molar-refractivity contribution in [2.75, 3.05) is 11.7 Å². The molecule has 6 rings (SSSR count). The highest BCUT2D eigenvalue weighted by Crippen LogP contribution is 2.38. The molecule has 3 aromatic heterocycles. The lowest BCUT2D eigenvalue weighted by Gasteiger charge is -2.30. The van der Waals surface area contributed by atoms with Gasteiger partial charge in [-0.05, 0) is 48.5 Å². The van der Waals surface area contributed by atoms with E-state index in [-0.39, 0.29) is 25.6 Å². The summed E-state index contributed by atoms with van der Waals surface area (Å²) in [6, 6.07) is 18.0. The summed E-state index contributed by atoms with van der Waals surface area (Å²) in [7, 11) is 0. The van der Waals surface area contributed by atoms with Crippen molar-refractivity contribution in [3.8, 4) is 11.5 Å². The van der Waals surface area contributed by atoms with E-state index in [4.69, 9.17) is 18.3 Å². The Morgan fingerprint density at radius 3 is 2.65 bits per heavy atom. The van der Waals surface area contributed by atoms with E-state index in [0.717, 1.165) is 0 Å². The van der Waals surface area contributed by atoms with E-state index in [1.807, 2.05) is 24.3 Å². The van der Waals surface area contributed by atoms with Gasteiger partial charge >= 0.3 is 0 Å². The molecule has 11 heteroatoms. The molecule has 2 amide bonds. The molecule has 0 saturated carbocycles. The Kier molecular flexibility index (Phi) is 5.77. The zero-order valence-electron chi connectivity index (χ0n) is 19.4. The second-order valence-electron chi connectivity index (χ2n) is 8.25. The summed E-state index contributed by atoms with van der Waals surface area (Å²) >= 11 is 0. The van der Waals surface area contributed by atoms with Gasteiger partial charge in [0.25, 0.3) is 5.91 Å². The molecular weight excluding hydrogens is 478 g/mol. The SMILES string of the molecule is O=C(NCc1ccco1)[C@H](c1ccco1)N(C(=O)Cn1nnc2ccccc21)c1ccc2c(c1)OCO2. The number of anilines is 1. The average Bonchev–Trinajstić information content (AvgIpc) is 3.73. The number of furan rings is 2. The fraction of sp³-hybridized carbons (Fsp3) is 0.154. The van der Waals surface area contributed by atoms with Crippen LogP contribution in [0.2, 0.25) is 0 Å². The number of nitrogens with zero attached hydrogens (tertiary/aromatic N) is 4. The summed E-state index contributed by atoms with van der Waals surface area (Å²) in [4.78, 5) is 28.9. The maximum Gasteiger partial charge on any atom is 0.251 e. The lowest BCUT2D eigenvalue weighted by molar-refractivity contribution is -0.127. The minimum Gasteiger partial charge on any atom is -0.467 e. The molecule has 1 atom stereocenters. The molecule has 186 valence electrons. The van der Waals surface area contributed by atoms with E-state index in [1.165, 1.54) is 22.1 Å². The third-order valence-electron chi connectivity index (χ3n) is 5.94. The predicted octanol–water partition coefficient (Wildman–Crippen LogP) is 3.44. The molecule has 0 fully saturated rings. The summed E-state index contributed by atoms with van der Waals surface area (Å²) in [5.74, 6) is 1.00. The Bertz CT molecular complexity index is 1540. The summed E-state index contributed by atoms with van der Waals surface area (Å²) in [5.41, 5.74) is 1.77. The van der Waals surface area contributed by atoms with Gasteiger partial charge in [0.15, 0.2) is 17.5 Å². The van der Waals surface area contributed by atoms with Gasteiger partial charge in [-0.15, -0.1) is 5.10 Å². The Hall–Kier alpha value is -5.06. The van der Waals surface area contributed by atoms with Crippen LogP contribution in [0, 0.1) is 0 Å². The van der Waals surface area contributed by atoms with Crippen molar-refractivity contribution in [3.05, 3.63) is 90.8 Å². The van der Waals surface area contributed by atoms with Gasteiger partial charge in [0.2, 0.25) is 12.7 Å². The molecule has 0 unspecified atom stereocenters. The molecule has 1 aliphatic heterocycles. The highest BCUT2D eigenvalue weighted by molar-refractivity contribution is 6.01. The van der Waals surface area contributed by atoms with Crippen molar-refractivity contribution < 1.29 is 27.9 Å². The Morgan fingerprint density at radius 1 is 0.973 bits per heavy atom. The molecule has 5 aromatic rings. The van der Waals surface area contributed by atoms with Crippen molar-refractivity contribution in [3.63, 3.8) is 0 Å².